The van der Waals surface area contributed by atoms with Gasteiger partial charge >= 0.3 is 5.97 Å². The molecule has 0 spiro atoms. The van der Waals surface area contributed by atoms with E-state index in [4.69, 9.17) is 20.6 Å². The van der Waals surface area contributed by atoms with E-state index in [-0.39, 0.29) is 11.7 Å². The lowest BCUT2D eigenvalue weighted by Crippen LogP contribution is -2.22. The maximum absolute atomic E-state index is 12.5. The Kier molecular flexibility index (Phi) is 4.56. The van der Waals surface area contributed by atoms with Crippen LogP contribution in [0.25, 0.3) is 0 Å². The molecule has 0 aliphatic heterocycles. The number of esters is 1. The Morgan fingerprint density at radius 3 is 2.56 bits per heavy atom. The van der Waals surface area contributed by atoms with E-state index < -0.39 is 5.97 Å². The first kappa shape index (κ1) is 16.8. The predicted octanol–water partition coefficient (Wildman–Crippen LogP) is 2.43. The van der Waals surface area contributed by atoms with Crippen molar-refractivity contribution in [3.8, 4) is 5.75 Å². The minimum absolute atomic E-state index is 0.111. The number of fused-ring (bicyclic) bond motifs is 1. The number of ether oxygens (including phenoxy) is 1. The molecule has 1 aromatic carbocycles. The summed E-state index contributed by atoms with van der Waals surface area (Å²) in [6, 6.07) is 7.25. The number of hydrogen-bond acceptors (Lipinski definition) is 5. The molecule has 4 N–H and O–H groups in total. The predicted molar refractivity (Wildman–Crippen MR) is 94.9 cm³/mol. The third-order valence-electron chi connectivity index (χ3n) is 4.03. The first-order valence-corrected chi connectivity index (χ1v) is 8.02. The molecule has 0 bridgehead atoms. The van der Waals surface area contributed by atoms with E-state index in [1.807, 2.05) is 26.0 Å². The molecule has 0 fully saturated rings. The molecule has 0 unspecified atom stereocenters. The van der Waals surface area contributed by atoms with E-state index >= 15 is 0 Å². The molecular weight excluding hydrogens is 320 g/mol. The molecule has 0 amide bonds. The number of furan rings is 1. The maximum Gasteiger partial charge on any atom is 0.379 e. The van der Waals surface area contributed by atoms with E-state index in [0.717, 1.165) is 30.4 Å². The van der Waals surface area contributed by atoms with Gasteiger partial charge in [0.2, 0.25) is 11.7 Å². The average molecular weight is 340 g/mol. The van der Waals surface area contributed by atoms with Crippen LogP contribution in [0.3, 0.4) is 0 Å². The molecule has 2 aromatic rings. The van der Waals surface area contributed by atoms with E-state index in [0.29, 0.717) is 22.8 Å². The van der Waals surface area contributed by atoms with Crippen LogP contribution in [0, 0.1) is 13.8 Å². The van der Waals surface area contributed by atoms with Crippen molar-refractivity contribution in [3.05, 3.63) is 52.5 Å². The summed E-state index contributed by atoms with van der Waals surface area (Å²) >= 11 is 0. The Labute approximate surface area is 145 Å². The van der Waals surface area contributed by atoms with Gasteiger partial charge in [0.15, 0.2) is 0 Å². The monoisotopic (exact) mass is 340 g/mol. The van der Waals surface area contributed by atoms with Crippen LogP contribution in [0.5, 0.6) is 5.75 Å². The lowest BCUT2D eigenvalue weighted by Gasteiger charge is -2.11. The van der Waals surface area contributed by atoms with Crippen LogP contribution in [0.2, 0.25) is 0 Å². The summed E-state index contributed by atoms with van der Waals surface area (Å²) in [5.41, 5.74) is 14.0. The van der Waals surface area contributed by atoms with Crippen molar-refractivity contribution in [2.45, 2.75) is 33.1 Å². The highest BCUT2D eigenvalue weighted by molar-refractivity contribution is 6.06. The molecule has 7 heteroatoms. The quantitative estimate of drug-likeness (QED) is 0.293. The number of benzene rings is 1. The van der Waals surface area contributed by atoms with Crippen LogP contribution in [0.4, 0.5) is 0 Å². The van der Waals surface area contributed by atoms with Crippen LogP contribution in [-0.2, 0) is 6.42 Å². The summed E-state index contributed by atoms with van der Waals surface area (Å²) < 4.78 is 11.2. The number of rotatable bonds is 3. The third-order valence-corrected chi connectivity index (χ3v) is 4.03. The number of aryl methyl sites for hydroxylation is 2. The zero-order valence-corrected chi connectivity index (χ0v) is 14.2. The van der Waals surface area contributed by atoms with Crippen LogP contribution < -0.4 is 16.2 Å². The van der Waals surface area contributed by atoms with Crippen LogP contribution in [0.15, 0.2) is 38.9 Å². The van der Waals surface area contributed by atoms with Crippen molar-refractivity contribution in [1.82, 2.24) is 0 Å². The molecule has 25 heavy (non-hydrogen) atoms. The minimum atomic E-state index is -0.531. The standard InChI is InChI=1S/C18H20N4O3/c1-10-6-8-12(9-7-10)24-17(23)16-11(2)15-13(21-22-18(19)20)4-3-5-14(15)25-16/h6-9H,3-5H2,1-2H3,(H4,19,20,22)/b21-13+. The number of nitrogens with zero attached hydrogens (tertiary/aromatic N) is 2. The third kappa shape index (κ3) is 3.55. The van der Waals surface area contributed by atoms with Crippen molar-refractivity contribution in [3.63, 3.8) is 0 Å². The van der Waals surface area contributed by atoms with Crippen LogP contribution >= 0.6 is 0 Å². The van der Waals surface area contributed by atoms with E-state index in [9.17, 15) is 4.79 Å². The molecule has 0 saturated carbocycles. The molecule has 130 valence electrons. The Morgan fingerprint density at radius 2 is 1.88 bits per heavy atom. The summed E-state index contributed by atoms with van der Waals surface area (Å²) in [7, 11) is 0. The Hall–Kier alpha value is -3.09. The minimum Gasteiger partial charge on any atom is -0.453 e. The Morgan fingerprint density at radius 1 is 1.16 bits per heavy atom. The number of guanidine groups is 1. The maximum atomic E-state index is 12.5. The molecule has 0 atom stereocenters. The SMILES string of the molecule is Cc1ccc(OC(=O)c2oc3c(c2C)/C(=N/N=C(N)N)CCC3)cc1. The number of carbonyl (C=O) groups excluding carboxylic acids is 1. The summed E-state index contributed by atoms with van der Waals surface area (Å²) in [6.07, 6.45) is 2.30. The van der Waals surface area contributed by atoms with E-state index in [1.165, 1.54) is 0 Å². The highest BCUT2D eigenvalue weighted by atomic mass is 16.5. The Balaban J connectivity index is 1.91. The molecule has 0 radical (unpaired) electrons. The summed E-state index contributed by atoms with van der Waals surface area (Å²) in [5, 5.41) is 7.81. The molecule has 7 nitrogen and oxygen atoms in total. The van der Waals surface area contributed by atoms with Crippen molar-refractivity contribution in [2.24, 2.45) is 21.7 Å². The molecular formula is C18H20N4O3. The summed E-state index contributed by atoms with van der Waals surface area (Å²) in [5.74, 6) is 0.726. The fourth-order valence-corrected chi connectivity index (χ4v) is 2.84. The Bertz CT molecular complexity index is 859. The molecule has 3 rings (SSSR count). The van der Waals surface area contributed by atoms with Crippen molar-refractivity contribution < 1.29 is 13.9 Å². The fourth-order valence-electron chi connectivity index (χ4n) is 2.84. The smallest absolute Gasteiger partial charge is 0.379 e. The van der Waals surface area contributed by atoms with Gasteiger partial charge in [-0.25, -0.2) is 4.79 Å². The van der Waals surface area contributed by atoms with Crippen LogP contribution in [-0.4, -0.2) is 17.6 Å². The molecule has 1 aliphatic carbocycles. The zero-order chi connectivity index (χ0) is 18.0. The largest absolute Gasteiger partial charge is 0.453 e. The van der Waals surface area contributed by atoms with Gasteiger partial charge in [-0.15, -0.1) is 5.10 Å². The van der Waals surface area contributed by atoms with Crippen molar-refractivity contribution in [1.29, 1.82) is 0 Å². The first-order valence-electron chi connectivity index (χ1n) is 8.02. The van der Waals surface area contributed by atoms with Gasteiger partial charge in [0.05, 0.1) is 5.71 Å². The molecule has 1 aliphatic rings. The summed E-state index contributed by atoms with van der Waals surface area (Å²) in [4.78, 5) is 12.5. The normalized spacial score (nSPS) is 14.9. The first-order chi connectivity index (χ1) is 12.0. The topological polar surface area (TPSA) is 116 Å². The number of hydrogen-bond donors (Lipinski definition) is 2. The highest BCUT2D eigenvalue weighted by Gasteiger charge is 2.29. The molecule has 1 heterocycles. The second kappa shape index (κ2) is 6.80. The van der Waals surface area contributed by atoms with Gasteiger partial charge in [0.1, 0.15) is 11.5 Å². The number of nitrogens with two attached hydrogens (primary N) is 2. The summed E-state index contributed by atoms with van der Waals surface area (Å²) in [6.45, 7) is 3.78. The van der Waals surface area contributed by atoms with Crippen molar-refractivity contribution in [2.75, 3.05) is 0 Å². The van der Waals surface area contributed by atoms with Gasteiger partial charge in [-0.05, 0) is 38.8 Å². The second-order valence-electron chi connectivity index (χ2n) is 5.98. The van der Waals surface area contributed by atoms with Gasteiger partial charge in [-0.3, -0.25) is 0 Å². The van der Waals surface area contributed by atoms with Gasteiger partial charge in [-0.2, -0.15) is 5.10 Å². The lowest BCUT2D eigenvalue weighted by molar-refractivity contribution is 0.0698. The zero-order valence-electron chi connectivity index (χ0n) is 14.2. The van der Waals surface area contributed by atoms with Gasteiger partial charge in [0, 0.05) is 17.5 Å². The molecule has 0 saturated heterocycles. The van der Waals surface area contributed by atoms with Gasteiger partial charge in [0.25, 0.3) is 0 Å². The highest BCUT2D eigenvalue weighted by Crippen LogP contribution is 2.30. The van der Waals surface area contributed by atoms with Gasteiger partial charge < -0.3 is 20.6 Å². The van der Waals surface area contributed by atoms with Crippen molar-refractivity contribution >= 4 is 17.6 Å². The van der Waals surface area contributed by atoms with E-state index in [2.05, 4.69) is 10.2 Å². The fraction of sp³-hybridized carbons (Fsp3) is 0.278. The van der Waals surface area contributed by atoms with Crippen LogP contribution in [0.1, 0.15) is 45.8 Å². The van der Waals surface area contributed by atoms with E-state index in [1.54, 1.807) is 12.1 Å². The average Bonchev–Trinajstić information content (AvgIpc) is 2.93. The second-order valence-corrected chi connectivity index (χ2v) is 5.98. The number of carbonyl (C=O) groups is 1. The lowest BCUT2D eigenvalue weighted by atomic mass is 9.93. The van der Waals surface area contributed by atoms with Gasteiger partial charge in [-0.1, -0.05) is 17.7 Å². The molecule has 1 aromatic heterocycles.